The second-order valence-corrected chi connectivity index (χ2v) is 8.66. The molecule has 29 heavy (non-hydrogen) atoms. The average Bonchev–Trinajstić information content (AvgIpc) is 2.96. The molecule has 1 amide bonds. The first-order chi connectivity index (χ1) is 13.8. The summed E-state index contributed by atoms with van der Waals surface area (Å²) in [4.78, 5) is 14.8. The largest absolute Gasteiger partial charge is 0.351 e. The van der Waals surface area contributed by atoms with Crippen LogP contribution < -0.4 is 10.6 Å². The third kappa shape index (κ3) is 4.83. The topological polar surface area (TPSA) is 90.9 Å². The van der Waals surface area contributed by atoms with Crippen molar-refractivity contribution in [3.63, 3.8) is 0 Å². The van der Waals surface area contributed by atoms with Crippen molar-refractivity contribution in [2.45, 2.75) is 31.7 Å². The lowest BCUT2D eigenvalue weighted by Gasteiger charge is -2.24. The van der Waals surface area contributed by atoms with Gasteiger partial charge >= 0.3 is 0 Å². The van der Waals surface area contributed by atoms with E-state index in [0.717, 1.165) is 13.1 Å². The molecule has 0 atom stereocenters. The van der Waals surface area contributed by atoms with Crippen LogP contribution in [0.25, 0.3) is 0 Å². The van der Waals surface area contributed by atoms with Gasteiger partial charge in [-0.15, -0.1) is 4.40 Å². The van der Waals surface area contributed by atoms with Gasteiger partial charge in [0.1, 0.15) is 4.90 Å². The van der Waals surface area contributed by atoms with E-state index in [1.165, 1.54) is 6.07 Å². The molecule has 0 spiro atoms. The summed E-state index contributed by atoms with van der Waals surface area (Å²) in [6.45, 7) is 8.69. The van der Waals surface area contributed by atoms with Crippen LogP contribution >= 0.6 is 0 Å². The number of fused-ring (bicyclic) bond motifs is 1. The van der Waals surface area contributed by atoms with E-state index < -0.39 is 10.0 Å². The number of hydrogen-bond donors (Lipinski definition) is 2. The zero-order valence-corrected chi connectivity index (χ0v) is 17.7. The second kappa shape index (κ2) is 8.75. The Morgan fingerprint density at radius 1 is 1.10 bits per heavy atom. The van der Waals surface area contributed by atoms with Crippen molar-refractivity contribution in [2.75, 3.05) is 25.0 Å². The lowest BCUT2D eigenvalue weighted by Crippen LogP contribution is -2.38. The zero-order chi connectivity index (χ0) is 21.0. The standard InChI is InChI=1S/C21H26N4O3S/c1-4-25(15(2)3)14-13-22-21(26)16-9-11-17(12-10-16)23-20-18-7-5-6-8-19(18)29(27,28)24-20/h5-12,15H,4,13-14H2,1-3H3,(H,22,26)(H,23,24). The van der Waals surface area contributed by atoms with Crippen molar-refractivity contribution in [3.05, 3.63) is 59.7 Å². The summed E-state index contributed by atoms with van der Waals surface area (Å²) in [7, 11) is -3.66. The molecule has 0 bridgehead atoms. The molecule has 2 aromatic rings. The SMILES string of the molecule is CCN(CCNC(=O)c1ccc(NC2=NS(=O)(=O)c3ccccc32)cc1)C(C)C. The fourth-order valence-electron chi connectivity index (χ4n) is 3.23. The van der Waals surface area contributed by atoms with E-state index in [-0.39, 0.29) is 16.6 Å². The van der Waals surface area contributed by atoms with Gasteiger partial charge in [0.2, 0.25) is 0 Å². The Kier molecular flexibility index (Phi) is 6.34. The van der Waals surface area contributed by atoms with Gasteiger partial charge in [0, 0.05) is 35.9 Å². The quantitative estimate of drug-likeness (QED) is 0.727. The van der Waals surface area contributed by atoms with E-state index in [1.54, 1.807) is 42.5 Å². The minimum atomic E-state index is -3.66. The van der Waals surface area contributed by atoms with E-state index >= 15 is 0 Å². The van der Waals surface area contributed by atoms with Gasteiger partial charge in [-0.2, -0.15) is 8.42 Å². The van der Waals surface area contributed by atoms with Gasteiger partial charge in [-0.05, 0) is 56.8 Å². The number of rotatable bonds is 7. The molecule has 0 aromatic heterocycles. The molecule has 0 saturated carbocycles. The fraction of sp³-hybridized carbons (Fsp3) is 0.333. The number of nitrogens with one attached hydrogen (secondary N) is 2. The van der Waals surface area contributed by atoms with Crippen LogP contribution in [-0.4, -0.2) is 50.7 Å². The second-order valence-electron chi connectivity index (χ2n) is 7.09. The number of carbonyl (C=O) groups is 1. The molecule has 0 aliphatic carbocycles. The normalized spacial score (nSPS) is 14.6. The van der Waals surface area contributed by atoms with Gasteiger partial charge in [-0.1, -0.05) is 19.1 Å². The predicted molar refractivity (Wildman–Crippen MR) is 115 cm³/mol. The molecule has 0 fully saturated rings. The van der Waals surface area contributed by atoms with Gasteiger partial charge < -0.3 is 10.6 Å². The number of benzene rings is 2. The molecule has 3 rings (SSSR count). The molecule has 2 aromatic carbocycles. The summed E-state index contributed by atoms with van der Waals surface area (Å²) in [5.41, 5.74) is 1.74. The van der Waals surface area contributed by atoms with Crippen molar-refractivity contribution in [3.8, 4) is 0 Å². The molecule has 1 aliphatic heterocycles. The minimum absolute atomic E-state index is 0.137. The maximum Gasteiger partial charge on any atom is 0.285 e. The van der Waals surface area contributed by atoms with E-state index in [1.807, 2.05) is 0 Å². The molecule has 8 heteroatoms. The lowest BCUT2D eigenvalue weighted by atomic mass is 10.1. The number of hydrogen-bond acceptors (Lipinski definition) is 5. The van der Waals surface area contributed by atoms with Crippen LogP contribution in [0.15, 0.2) is 57.8 Å². The number of likely N-dealkylation sites (N-methyl/N-ethyl adjacent to an activating group) is 1. The molecule has 0 saturated heterocycles. The third-order valence-corrected chi connectivity index (χ3v) is 6.20. The number of amides is 1. The van der Waals surface area contributed by atoms with Crippen molar-refractivity contribution >= 4 is 27.5 Å². The molecular weight excluding hydrogens is 388 g/mol. The monoisotopic (exact) mass is 414 g/mol. The summed E-state index contributed by atoms with van der Waals surface area (Å²) in [5, 5.41) is 5.96. The number of sulfonamides is 1. The Morgan fingerprint density at radius 3 is 2.45 bits per heavy atom. The van der Waals surface area contributed by atoms with E-state index in [4.69, 9.17) is 0 Å². The van der Waals surface area contributed by atoms with Gasteiger partial charge in [0.25, 0.3) is 15.9 Å². The average molecular weight is 415 g/mol. The van der Waals surface area contributed by atoms with Crippen LogP contribution in [0.4, 0.5) is 5.69 Å². The molecule has 2 N–H and O–H groups in total. The number of anilines is 1. The highest BCUT2D eigenvalue weighted by atomic mass is 32.2. The summed E-state index contributed by atoms with van der Waals surface area (Å²) < 4.78 is 28.1. The van der Waals surface area contributed by atoms with Crippen LogP contribution in [0.1, 0.15) is 36.7 Å². The first-order valence-electron chi connectivity index (χ1n) is 9.65. The van der Waals surface area contributed by atoms with E-state index in [9.17, 15) is 13.2 Å². The molecule has 154 valence electrons. The van der Waals surface area contributed by atoms with Crippen molar-refractivity contribution in [2.24, 2.45) is 4.40 Å². The fourth-order valence-corrected chi connectivity index (χ4v) is 4.41. The maximum atomic E-state index is 12.3. The third-order valence-electron chi connectivity index (χ3n) is 4.86. The smallest absolute Gasteiger partial charge is 0.285 e. The first kappa shape index (κ1) is 21.0. The Balaban J connectivity index is 1.62. The summed E-state index contributed by atoms with van der Waals surface area (Å²) >= 11 is 0. The van der Waals surface area contributed by atoms with Gasteiger partial charge in [-0.3, -0.25) is 9.69 Å². The lowest BCUT2D eigenvalue weighted by molar-refractivity contribution is 0.0946. The maximum absolute atomic E-state index is 12.3. The molecule has 1 aliphatic rings. The van der Waals surface area contributed by atoms with Crippen molar-refractivity contribution in [1.82, 2.24) is 10.2 Å². The Morgan fingerprint density at radius 2 is 1.79 bits per heavy atom. The van der Waals surface area contributed by atoms with Crippen LogP contribution in [0.2, 0.25) is 0 Å². The van der Waals surface area contributed by atoms with Crippen LogP contribution in [0.5, 0.6) is 0 Å². The van der Waals surface area contributed by atoms with Gasteiger partial charge in [0.15, 0.2) is 5.84 Å². The van der Waals surface area contributed by atoms with Crippen LogP contribution in [0, 0.1) is 0 Å². The summed E-state index contributed by atoms with van der Waals surface area (Å²) in [6.07, 6.45) is 0. The Bertz CT molecular complexity index is 1010. The zero-order valence-electron chi connectivity index (χ0n) is 16.8. The molecule has 0 radical (unpaired) electrons. The Labute approximate surface area is 171 Å². The minimum Gasteiger partial charge on any atom is -0.351 e. The summed E-state index contributed by atoms with van der Waals surface area (Å²) in [5.74, 6) is 0.147. The molecule has 1 heterocycles. The summed E-state index contributed by atoms with van der Waals surface area (Å²) in [6, 6.07) is 14.0. The van der Waals surface area contributed by atoms with Crippen molar-refractivity contribution in [1.29, 1.82) is 0 Å². The predicted octanol–water partition coefficient (Wildman–Crippen LogP) is 2.71. The Hall–Kier alpha value is -2.71. The van der Waals surface area contributed by atoms with E-state index in [2.05, 4.69) is 40.7 Å². The number of amidine groups is 1. The first-order valence-corrected chi connectivity index (χ1v) is 11.1. The van der Waals surface area contributed by atoms with Gasteiger partial charge in [0.05, 0.1) is 0 Å². The highest BCUT2D eigenvalue weighted by molar-refractivity contribution is 7.90. The molecule has 0 unspecified atom stereocenters. The number of nitrogens with zero attached hydrogens (tertiary/aromatic N) is 2. The highest BCUT2D eigenvalue weighted by Crippen LogP contribution is 2.26. The van der Waals surface area contributed by atoms with Crippen LogP contribution in [-0.2, 0) is 10.0 Å². The van der Waals surface area contributed by atoms with Gasteiger partial charge in [-0.25, -0.2) is 0 Å². The van der Waals surface area contributed by atoms with E-state index in [0.29, 0.717) is 29.4 Å². The van der Waals surface area contributed by atoms with Crippen molar-refractivity contribution < 1.29 is 13.2 Å². The van der Waals surface area contributed by atoms with Crippen LogP contribution in [0.3, 0.4) is 0 Å². The highest BCUT2D eigenvalue weighted by Gasteiger charge is 2.28. The molecule has 7 nitrogen and oxygen atoms in total. The number of carbonyl (C=O) groups excluding carboxylic acids is 1. The molecular formula is C21H26N4O3S.